The Morgan fingerprint density at radius 1 is 1.00 bits per heavy atom. The van der Waals surface area contributed by atoms with Crippen LogP contribution in [0, 0.1) is 0 Å². The summed E-state index contributed by atoms with van der Waals surface area (Å²) in [6, 6.07) is 0. The van der Waals surface area contributed by atoms with Crippen molar-refractivity contribution in [1.29, 1.82) is 0 Å². The molecular weight excluding hydrogens is 460 g/mol. The first-order chi connectivity index (χ1) is 14.7. The van der Waals surface area contributed by atoms with E-state index in [0.717, 1.165) is 17.6 Å². The predicted octanol–water partition coefficient (Wildman–Crippen LogP) is 5.24. The van der Waals surface area contributed by atoms with Crippen molar-refractivity contribution in [1.82, 2.24) is 5.32 Å². The number of carbonyl (C=O) groups is 1. The molecule has 0 aromatic heterocycles. The van der Waals surface area contributed by atoms with Crippen LogP contribution in [0.1, 0.15) is 41.0 Å². The van der Waals surface area contributed by atoms with Gasteiger partial charge >= 0.3 is 15.2 Å². The minimum atomic E-state index is -3.99. The van der Waals surface area contributed by atoms with Gasteiger partial charge in [-0.25, -0.2) is 0 Å². The molecule has 0 unspecified atom stereocenters. The molecule has 0 fully saturated rings. The number of allylic oxidation sites excluding steroid dienone is 3. The third-order valence-corrected chi connectivity index (χ3v) is 11.7. The van der Waals surface area contributed by atoms with Crippen molar-refractivity contribution >= 4 is 32.1 Å². The van der Waals surface area contributed by atoms with E-state index in [0.29, 0.717) is 18.0 Å². The summed E-state index contributed by atoms with van der Waals surface area (Å²) in [6.07, 6.45) is 5.95. The Morgan fingerprint density at radius 2 is 1.52 bits per heavy atom. The van der Waals surface area contributed by atoms with Crippen LogP contribution < -0.4 is 5.32 Å². The van der Waals surface area contributed by atoms with Crippen LogP contribution in [-0.2, 0) is 32.0 Å². The van der Waals surface area contributed by atoms with Crippen LogP contribution in [0.25, 0.3) is 0 Å². The molecule has 0 aromatic rings. The first kappa shape index (κ1) is 26.6. The van der Waals surface area contributed by atoms with Gasteiger partial charge in [0, 0.05) is 24.9 Å². The van der Waals surface area contributed by atoms with Gasteiger partial charge < -0.3 is 23.4 Å². The van der Waals surface area contributed by atoms with Crippen LogP contribution in [0.2, 0.25) is 0 Å². The zero-order valence-electron chi connectivity index (χ0n) is 18.8. The van der Waals surface area contributed by atoms with Gasteiger partial charge in [-0.15, -0.1) is 0 Å². The van der Waals surface area contributed by atoms with Crippen molar-refractivity contribution < 1.29 is 32.0 Å². The number of hydrogen-bond acceptors (Lipinski definition) is 9. The standard InChI is InChI=1S/C20H33NO7P2S/c1-6-25-29(23,26-7-2)20(30(24,27-8-3)28-9-4)13-18-12-17(10-11-31-16(5)22)15-21-19(18)14-20/h12-14,21H,6-11,15H2,1-5H3. The monoisotopic (exact) mass is 493 g/mol. The van der Waals surface area contributed by atoms with E-state index >= 15 is 0 Å². The highest BCUT2D eigenvalue weighted by molar-refractivity contribution is 8.13. The Labute approximate surface area is 189 Å². The lowest BCUT2D eigenvalue weighted by molar-refractivity contribution is -0.109. The van der Waals surface area contributed by atoms with Crippen LogP contribution in [0.15, 0.2) is 35.1 Å². The highest BCUT2D eigenvalue weighted by Crippen LogP contribution is 2.80. The van der Waals surface area contributed by atoms with E-state index in [2.05, 4.69) is 5.32 Å². The van der Waals surface area contributed by atoms with Crippen LogP contribution in [0.5, 0.6) is 0 Å². The van der Waals surface area contributed by atoms with E-state index in [-0.39, 0.29) is 31.5 Å². The number of carbonyl (C=O) groups excluding carboxylic acids is 1. The van der Waals surface area contributed by atoms with E-state index in [4.69, 9.17) is 18.1 Å². The van der Waals surface area contributed by atoms with E-state index in [9.17, 15) is 13.9 Å². The summed E-state index contributed by atoms with van der Waals surface area (Å²) in [5, 5.41) is 3.38. The molecule has 0 radical (unpaired) electrons. The van der Waals surface area contributed by atoms with Crippen LogP contribution in [0.3, 0.4) is 0 Å². The number of fused-ring (bicyclic) bond motifs is 1. The van der Waals surface area contributed by atoms with Gasteiger partial charge in [-0.3, -0.25) is 13.9 Å². The van der Waals surface area contributed by atoms with Gasteiger partial charge in [0.2, 0.25) is 4.90 Å². The van der Waals surface area contributed by atoms with Crippen molar-refractivity contribution in [2.75, 3.05) is 38.7 Å². The Bertz CT molecular complexity index is 802. The third-order valence-electron chi connectivity index (χ3n) is 4.70. The third kappa shape index (κ3) is 5.64. The topological polar surface area (TPSA) is 100 Å². The van der Waals surface area contributed by atoms with Crippen molar-refractivity contribution in [3.05, 3.63) is 35.1 Å². The van der Waals surface area contributed by atoms with Crippen LogP contribution in [-0.4, -0.2) is 48.7 Å². The molecule has 31 heavy (non-hydrogen) atoms. The summed E-state index contributed by atoms with van der Waals surface area (Å²) in [6.45, 7) is 9.38. The largest absolute Gasteiger partial charge is 0.381 e. The van der Waals surface area contributed by atoms with Crippen molar-refractivity contribution in [2.45, 2.75) is 45.9 Å². The Kier molecular flexibility index (Phi) is 9.83. The predicted molar refractivity (Wildman–Crippen MR) is 124 cm³/mol. The van der Waals surface area contributed by atoms with Gasteiger partial charge in [-0.1, -0.05) is 17.8 Å². The molecule has 0 spiro atoms. The fraction of sp³-hybridized carbons (Fsp3) is 0.650. The first-order valence-electron chi connectivity index (χ1n) is 10.5. The van der Waals surface area contributed by atoms with Gasteiger partial charge in [-0.05, 0) is 57.4 Å². The van der Waals surface area contributed by atoms with E-state index in [1.54, 1.807) is 46.8 Å². The van der Waals surface area contributed by atoms with Gasteiger partial charge in [-0.2, -0.15) is 0 Å². The smallest absolute Gasteiger partial charge is 0.356 e. The van der Waals surface area contributed by atoms with Gasteiger partial charge in [0.25, 0.3) is 0 Å². The molecule has 0 atom stereocenters. The number of hydrogen-bond donors (Lipinski definition) is 1. The summed E-state index contributed by atoms with van der Waals surface area (Å²) in [7, 11) is -7.98. The minimum absolute atomic E-state index is 0.0767. The second kappa shape index (κ2) is 11.5. The quantitative estimate of drug-likeness (QED) is 0.345. The normalized spacial score (nSPS) is 18.0. The fourth-order valence-electron chi connectivity index (χ4n) is 3.52. The lowest BCUT2D eigenvalue weighted by Gasteiger charge is -2.37. The van der Waals surface area contributed by atoms with E-state index < -0.39 is 20.1 Å². The molecule has 0 bridgehead atoms. The number of rotatable bonds is 13. The summed E-state index contributed by atoms with van der Waals surface area (Å²) in [5.74, 6) is 0.674. The van der Waals surface area contributed by atoms with Crippen LogP contribution >= 0.6 is 27.0 Å². The van der Waals surface area contributed by atoms with Crippen molar-refractivity contribution in [3.8, 4) is 0 Å². The second-order valence-electron chi connectivity index (χ2n) is 6.85. The van der Waals surface area contributed by atoms with Gasteiger partial charge in [0.15, 0.2) is 5.12 Å². The Morgan fingerprint density at radius 3 is 1.97 bits per heavy atom. The summed E-state index contributed by atoms with van der Waals surface area (Å²) < 4.78 is 50.7. The Hall–Kier alpha value is -0.660. The summed E-state index contributed by atoms with van der Waals surface area (Å²) in [5.41, 5.74) is 2.49. The van der Waals surface area contributed by atoms with Gasteiger partial charge in [0.1, 0.15) is 0 Å². The number of thioether (sulfide) groups is 1. The average Bonchev–Trinajstić information content (AvgIpc) is 3.10. The molecule has 2 aliphatic rings. The maximum atomic E-state index is 14.1. The molecule has 8 nitrogen and oxygen atoms in total. The highest BCUT2D eigenvalue weighted by Gasteiger charge is 2.65. The molecule has 0 saturated heterocycles. The zero-order valence-corrected chi connectivity index (χ0v) is 21.4. The van der Waals surface area contributed by atoms with Crippen molar-refractivity contribution in [2.24, 2.45) is 0 Å². The van der Waals surface area contributed by atoms with Crippen molar-refractivity contribution in [3.63, 3.8) is 0 Å². The minimum Gasteiger partial charge on any atom is -0.381 e. The lowest BCUT2D eigenvalue weighted by Crippen LogP contribution is -2.29. The fourth-order valence-corrected chi connectivity index (χ4v) is 9.57. The molecule has 0 amide bonds. The van der Waals surface area contributed by atoms with Crippen LogP contribution in [0.4, 0.5) is 0 Å². The molecule has 1 aliphatic heterocycles. The first-order valence-corrected chi connectivity index (χ1v) is 14.6. The van der Waals surface area contributed by atoms with E-state index in [1.165, 1.54) is 11.8 Å². The summed E-state index contributed by atoms with van der Waals surface area (Å²) in [4.78, 5) is 9.51. The lowest BCUT2D eigenvalue weighted by atomic mass is 10.0. The summed E-state index contributed by atoms with van der Waals surface area (Å²) >= 11 is 1.27. The second-order valence-corrected chi connectivity index (χ2v) is 13.0. The zero-order chi connectivity index (χ0) is 23.1. The molecule has 1 heterocycles. The maximum absolute atomic E-state index is 14.1. The molecule has 2 rings (SSSR count). The van der Waals surface area contributed by atoms with Gasteiger partial charge in [0.05, 0.1) is 26.4 Å². The molecule has 11 heteroatoms. The molecule has 0 aromatic carbocycles. The molecular formula is C20H33NO7P2S. The SMILES string of the molecule is CCOP(=O)(OCC)C1(P(=O)(OCC)OCC)C=C2C=C(CCSC(C)=O)CNC2=C1. The molecule has 1 aliphatic carbocycles. The number of nitrogens with one attached hydrogen (secondary N) is 1. The van der Waals surface area contributed by atoms with E-state index in [1.807, 2.05) is 6.08 Å². The molecule has 1 N–H and O–H groups in total. The average molecular weight is 493 g/mol. The molecule has 0 saturated carbocycles. The Balaban J connectivity index is 2.58. The maximum Gasteiger partial charge on any atom is 0.356 e. The molecule has 176 valence electrons. The highest BCUT2D eigenvalue weighted by atomic mass is 32.2.